The van der Waals surface area contributed by atoms with Gasteiger partial charge >= 0.3 is 0 Å². The first-order chi connectivity index (χ1) is 12.0. The zero-order chi connectivity index (χ0) is 17.6. The van der Waals surface area contributed by atoms with Crippen LogP contribution < -0.4 is 14.8 Å². The van der Waals surface area contributed by atoms with Gasteiger partial charge in [-0.25, -0.2) is 0 Å². The number of fused-ring (bicyclic) bond motifs is 1. The van der Waals surface area contributed by atoms with Crippen LogP contribution in [0.25, 0.3) is 0 Å². The van der Waals surface area contributed by atoms with Crippen molar-refractivity contribution >= 4 is 29.3 Å². The summed E-state index contributed by atoms with van der Waals surface area (Å²) >= 11 is 6.26. The molecule has 3 aliphatic heterocycles. The maximum absolute atomic E-state index is 12.6. The van der Waals surface area contributed by atoms with Gasteiger partial charge in [-0.1, -0.05) is 11.6 Å². The summed E-state index contributed by atoms with van der Waals surface area (Å²) in [4.78, 5) is 37.8. The number of halogens is 1. The highest BCUT2D eigenvalue weighted by Crippen LogP contribution is 2.39. The number of amides is 3. The molecular formula is C17H17ClN2O5. The quantitative estimate of drug-likeness (QED) is 0.789. The summed E-state index contributed by atoms with van der Waals surface area (Å²) in [5.74, 6) is 0.493. The zero-order valence-electron chi connectivity index (χ0n) is 13.5. The van der Waals surface area contributed by atoms with Crippen molar-refractivity contribution in [3.63, 3.8) is 0 Å². The van der Waals surface area contributed by atoms with E-state index in [9.17, 15) is 14.4 Å². The highest BCUT2D eigenvalue weighted by atomic mass is 35.5. The van der Waals surface area contributed by atoms with Gasteiger partial charge in [0.2, 0.25) is 17.7 Å². The summed E-state index contributed by atoms with van der Waals surface area (Å²) in [5.41, 5.74) is -0.104. The number of hydrogen-bond donors (Lipinski definition) is 1. The van der Waals surface area contributed by atoms with Crippen molar-refractivity contribution < 1.29 is 23.9 Å². The first kappa shape index (κ1) is 16.2. The van der Waals surface area contributed by atoms with Crippen LogP contribution in [0.1, 0.15) is 18.4 Å². The van der Waals surface area contributed by atoms with E-state index in [1.54, 1.807) is 17.0 Å². The first-order valence-corrected chi connectivity index (χ1v) is 8.55. The molecule has 1 aromatic carbocycles. The lowest BCUT2D eigenvalue weighted by Crippen LogP contribution is -2.37. The van der Waals surface area contributed by atoms with Gasteiger partial charge in [0.05, 0.1) is 11.8 Å². The predicted octanol–water partition coefficient (Wildman–Crippen LogP) is 0.919. The average Bonchev–Trinajstić information content (AvgIpc) is 3.12. The number of nitrogens with one attached hydrogen (secondary N) is 1. The molecule has 0 bridgehead atoms. The molecule has 0 radical (unpaired) electrons. The van der Waals surface area contributed by atoms with Crippen molar-refractivity contribution in [1.29, 1.82) is 0 Å². The Morgan fingerprint density at radius 1 is 1.24 bits per heavy atom. The Labute approximate surface area is 149 Å². The lowest BCUT2D eigenvalue weighted by molar-refractivity contribution is -0.131. The third-order valence-corrected chi connectivity index (χ3v) is 5.34. The van der Waals surface area contributed by atoms with Crippen molar-refractivity contribution in [1.82, 2.24) is 10.2 Å². The third-order valence-electron chi connectivity index (χ3n) is 4.99. The lowest BCUT2D eigenvalue weighted by atomic mass is 9.85. The van der Waals surface area contributed by atoms with E-state index in [1.165, 1.54) is 0 Å². The van der Waals surface area contributed by atoms with Gasteiger partial charge in [-0.15, -0.1) is 0 Å². The van der Waals surface area contributed by atoms with E-state index in [4.69, 9.17) is 21.1 Å². The topological polar surface area (TPSA) is 84.9 Å². The molecule has 1 spiro atoms. The van der Waals surface area contributed by atoms with E-state index >= 15 is 0 Å². The third kappa shape index (κ3) is 2.82. The second-order valence-corrected chi connectivity index (χ2v) is 7.07. The fourth-order valence-electron chi connectivity index (χ4n) is 3.62. The highest BCUT2D eigenvalue weighted by Gasteiger charge is 2.51. The van der Waals surface area contributed by atoms with Gasteiger partial charge in [0.15, 0.2) is 11.5 Å². The predicted molar refractivity (Wildman–Crippen MR) is 87.5 cm³/mol. The van der Waals surface area contributed by atoms with Crippen LogP contribution >= 0.6 is 11.6 Å². The van der Waals surface area contributed by atoms with E-state index in [-0.39, 0.29) is 37.1 Å². The van der Waals surface area contributed by atoms with Crippen LogP contribution in [0.3, 0.4) is 0 Å². The summed E-state index contributed by atoms with van der Waals surface area (Å²) in [6, 6.07) is 3.39. The summed E-state index contributed by atoms with van der Waals surface area (Å²) in [5, 5.41) is 2.78. The second kappa shape index (κ2) is 5.91. The molecule has 0 saturated carbocycles. The van der Waals surface area contributed by atoms with Gasteiger partial charge in [-0.3, -0.25) is 19.7 Å². The maximum Gasteiger partial charge on any atom is 0.235 e. The normalized spacial score (nSPS) is 24.8. The highest BCUT2D eigenvalue weighted by molar-refractivity contribution is 6.31. The van der Waals surface area contributed by atoms with Crippen molar-refractivity contribution in [2.75, 3.05) is 26.3 Å². The molecule has 3 heterocycles. The van der Waals surface area contributed by atoms with E-state index in [1.807, 2.05) is 0 Å². The second-order valence-electron chi connectivity index (χ2n) is 6.66. The molecule has 0 aromatic heterocycles. The molecule has 0 aliphatic carbocycles. The van der Waals surface area contributed by atoms with Crippen LogP contribution in [0.15, 0.2) is 12.1 Å². The number of ether oxygens (including phenoxy) is 2. The largest absolute Gasteiger partial charge is 0.486 e. The summed E-state index contributed by atoms with van der Waals surface area (Å²) in [6.45, 7) is 1.66. The summed E-state index contributed by atoms with van der Waals surface area (Å²) in [6.07, 6.45) is 0.771. The molecule has 1 aromatic rings. The fraction of sp³-hybridized carbons (Fsp3) is 0.471. The lowest BCUT2D eigenvalue weighted by Gasteiger charge is -2.22. The molecule has 1 N–H and O–H groups in total. The van der Waals surface area contributed by atoms with Crippen LogP contribution in [0.4, 0.5) is 0 Å². The van der Waals surface area contributed by atoms with Crippen molar-refractivity contribution in [2.24, 2.45) is 5.41 Å². The molecule has 1 atom stereocenters. The molecule has 3 amide bonds. The van der Waals surface area contributed by atoms with Crippen LogP contribution in [0.2, 0.25) is 5.02 Å². The molecule has 7 nitrogen and oxygen atoms in total. The zero-order valence-corrected chi connectivity index (χ0v) is 14.2. The Balaban J connectivity index is 1.48. The molecule has 8 heteroatoms. The van der Waals surface area contributed by atoms with Gasteiger partial charge in [0.1, 0.15) is 13.2 Å². The van der Waals surface area contributed by atoms with E-state index in [0.717, 1.165) is 0 Å². The van der Waals surface area contributed by atoms with Crippen molar-refractivity contribution in [3.05, 3.63) is 22.7 Å². The Kier molecular flexibility index (Phi) is 3.83. The van der Waals surface area contributed by atoms with Gasteiger partial charge < -0.3 is 14.4 Å². The van der Waals surface area contributed by atoms with E-state index in [0.29, 0.717) is 48.3 Å². The Morgan fingerprint density at radius 2 is 1.96 bits per heavy atom. The molecule has 132 valence electrons. The van der Waals surface area contributed by atoms with E-state index in [2.05, 4.69) is 5.32 Å². The number of likely N-dealkylation sites (tertiary alicyclic amines) is 1. The Bertz CT molecular complexity index is 781. The summed E-state index contributed by atoms with van der Waals surface area (Å²) < 4.78 is 11.0. The molecular weight excluding hydrogens is 348 g/mol. The van der Waals surface area contributed by atoms with Crippen molar-refractivity contribution in [3.8, 4) is 11.5 Å². The number of hydrogen-bond acceptors (Lipinski definition) is 5. The number of benzene rings is 1. The van der Waals surface area contributed by atoms with Gasteiger partial charge in [0.25, 0.3) is 0 Å². The van der Waals surface area contributed by atoms with Crippen LogP contribution in [-0.4, -0.2) is 48.9 Å². The minimum atomic E-state index is -0.761. The maximum atomic E-state index is 12.6. The van der Waals surface area contributed by atoms with Gasteiger partial charge in [-0.05, 0) is 18.1 Å². The minimum Gasteiger partial charge on any atom is -0.486 e. The molecule has 0 unspecified atom stereocenters. The first-order valence-electron chi connectivity index (χ1n) is 8.17. The van der Waals surface area contributed by atoms with Gasteiger partial charge in [-0.2, -0.15) is 0 Å². The number of carbonyl (C=O) groups excluding carboxylic acids is 3. The minimum absolute atomic E-state index is 0.112. The molecule has 4 rings (SSSR count). The molecule has 2 saturated heterocycles. The smallest absolute Gasteiger partial charge is 0.235 e. The van der Waals surface area contributed by atoms with Crippen LogP contribution in [0.5, 0.6) is 11.5 Å². The van der Waals surface area contributed by atoms with E-state index < -0.39 is 5.41 Å². The standard InChI is InChI=1S/C17H17ClN2O5/c18-11-7-13-12(24-3-4-25-13)5-10(11)6-15(22)20-2-1-17(9-20)8-14(21)19-16(17)23/h5,7H,1-4,6,8-9H2,(H,19,21,23)/t17-/m0/s1. The number of rotatable bonds is 2. The number of imide groups is 1. The SMILES string of the molecule is O=C1C[C@]2(CCN(C(=O)Cc3cc4c(cc3Cl)OCCO4)C2)C(=O)N1. The average molecular weight is 365 g/mol. The van der Waals surface area contributed by atoms with Crippen molar-refractivity contribution in [2.45, 2.75) is 19.3 Å². The monoisotopic (exact) mass is 364 g/mol. The Hall–Kier alpha value is -2.28. The van der Waals surface area contributed by atoms with Gasteiger partial charge in [0, 0.05) is 30.6 Å². The summed E-state index contributed by atoms with van der Waals surface area (Å²) in [7, 11) is 0. The fourth-order valence-corrected chi connectivity index (χ4v) is 3.84. The van der Waals surface area contributed by atoms with Crippen LogP contribution in [-0.2, 0) is 20.8 Å². The number of nitrogens with zero attached hydrogens (tertiary/aromatic N) is 1. The Morgan fingerprint density at radius 3 is 2.64 bits per heavy atom. The molecule has 2 fully saturated rings. The van der Waals surface area contributed by atoms with Crippen LogP contribution in [0, 0.1) is 5.41 Å². The molecule has 25 heavy (non-hydrogen) atoms. The molecule has 3 aliphatic rings. The number of carbonyl (C=O) groups is 3.